The van der Waals surface area contributed by atoms with E-state index in [1.807, 2.05) is 78.9 Å². The summed E-state index contributed by atoms with van der Waals surface area (Å²) >= 11 is 0. The SMILES string of the molecule is COC(=O)N1CCc2ccc(NC(=O)C(c3ccccc3)c3ccccc3)cc2C1. The lowest BCUT2D eigenvalue weighted by Crippen LogP contribution is -2.35. The number of methoxy groups -OCH3 is 1. The zero-order valence-electron chi connectivity index (χ0n) is 16.9. The third-order valence-corrected chi connectivity index (χ3v) is 5.45. The van der Waals surface area contributed by atoms with Crippen LogP contribution >= 0.6 is 0 Å². The van der Waals surface area contributed by atoms with Gasteiger partial charge in [0.15, 0.2) is 0 Å². The van der Waals surface area contributed by atoms with Gasteiger partial charge in [0.05, 0.1) is 13.0 Å². The molecule has 0 aromatic heterocycles. The lowest BCUT2D eigenvalue weighted by Gasteiger charge is -2.28. The predicted octanol–water partition coefficient (Wildman–Crippen LogP) is 4.58. The van der Waals surface area contributed by atoms with E-state index in [4.69, 9.17) is 4.74 Å². The molecule has 3 aromatic rings. The van der Waals surface area contributed by atoms with Crippen molar-refractivity contribution in [3.05, 3.63) is 101 Å². The number of hydrogen-bond donors (Lipinski definition) is 1. The Bertz CT molecular complexity index is 995. The molecule has 0 aliphatic carbocycles. The van der Waals surface area contributed by atoms with Gasteiger partial charge in [0.2, 0.25) is 5.91 Å². The van der Waals surface area contributed by atoms with Crippen LogP contribution in [0.25, 0.3) is 0 Å². The predicted molar refractivity (Wildman–Crippen MR) is 116 cm³/mol. The monoisotopic (exact) mass is 400 g/mol. The van der Waals surface area contributed by atoms with Gasteiger partial charge >= 0.3 is 6.09 Å². The van der Waals surface area contributed by atoms with Crippen LogP contribution in [0.5, 0.6) is 0 Å². The van der Waals surface area contributed by atoms with Gasteiger partial charge in [-0.1, -0.05) is 66.7 Å². The Labute approximate surface area is 176 Å². The molecule has 1 aliphatic heterocycles. The number of ether oxygens (including phenoxy) is 1. The van der Waals surface area contributed by atoms with E-state index in [2.05, 4.69) is 5.32 Å². The number of hydrogen-bond acceptors (Lipinski definition) is 3. The molecule has 0 unspecified atom stereocenters. The second kappa shape index (κ2) is 8.82. The Kier molecular flexibility index (Phi) is 5.80. The standard InChI is InChI=1S/C25H24N2O3/c1-30-25(29)27-15-14-18-12-13-22(16-21(18)17-27)26-24(28)23(19-8-4-2-5-9-19)20-10-6-3-7-11-20/h2-13,16,23H,14-15,17H2,1H3,(H,26,28). The second-order valence-corrected chi connectivity index (χ2v) is 7.37. The molecule has 5 nitrogen and oxygen atoms in total. The fourth-order valence-corrected chi connectivity index (χ4v) is 3.92. The van der Waals surface area contributed by atoms with Gasteiger partial charge in [0, 0.05) is 18.8 Å². The van der Waals surface area contributed by atoms with Crippen LogP contribution < -0.4 is 5.32 Å². The highest BCUT2D eigenvalue weighted by Gasteiger charge is 2.24. The van der Waals surface area contributed by atoms with Gasteiger partial charge in [0.1, 0.15) is 0 Å². The molecule has 1 aliphatic rings. The van der Waals surface area contributed by atoms with Crippen LogP contribution in [0.1, 0.15) is 28.2 Å². The number of carbonyl (C=O) groups excluding carboxylic acids is 2. The van der Waals surface area contributed by atoms with Crippen LogP contribution in [0.4, 0.5) is 10.5 Å². The quantitative estimate of drug-likeness (QED) is 0.697. The third-order valence-electron chi connectivity index (χ3n) is 5.45. The van der Waals surface area contributed by atoms with Crippen LogP contribution in [0.2, 0.25) is 0 Å². The van der Waals surface area contributed by atoms with E-state index in [0.717, 1.165) is 28.8 Å². The van der Waals surface area contributed by atoms with Crippen molar-refractivity contribution in [2.45, 2.75) is 18.9 Å². The van der Waals surface area contributed by atoms with Crippen molar-refractivity contribution < 1.29 is 14.3 Å². The summed E-state index contributed by atoms with van der Waals surface area (Å²) in [5.41, 5.74) is 4.82. The molecule has 152 valence electrons. The van der Waals surface area contributed by atoms with Gasteiger partial charge in [0.25, 0.3) is 0 Å². The van der Waals surface area contributed by atoms with Gasteiger partial charge < -0.3 is 15.0 Å². The van der Waals surface area contributed by atoms with E-state index in [1.165, 1.54) is 12.7 Å². The maximum absolute atomic E-state index is 13.3. The van der Waals surface area contributed by atoms with E-state index in [1.54, 1.807) is 4.90 Å². The maximum Gasteiger partial charge on any atom is 0.409 e. The smallest absolute Gasteiger partial charge is 0.409 e. The number of fused-ring (bicyclic) bond motifs is 1. The molecule has 0 saturated carbocycles. The average molecular weight is 400 g/mol. The number of rotatable bonds is 4. The molecule has 4 rings (SSSR count). The molecule has 0 fully saturated rings. The van der Waals surface area contributed by atoms with E-state index in [9.17, 15) is 9.59 Å². The third kappa shape index (κ3) is 4.20. The topological polar surface area (TPSA) is 58.6 Å². The molecule has 1 heterocycles. The first-order valence-electron chi connectivity index (χ1n) is 10.0. The molecule has 5 heteroatoms. The van der Waals surface area contributed by atoms with Gasteiger partial charge in [-0.05, 0) is 40.8 Å². The lowest BCUT2D eigenvalue weighted by atomic mass is 9.90. The molecule has 0 atom stereocenters. The molecule has 1 N–H and O–H groups in total. The van der Waals surface area contributed by atoms with Crippen molar-refractivity contribution >= 4 is 17.7 Å². The second-order valence-electron chi connectivity index (χ2n) is 7.37. The number of nitrogens with zero attached hydrogens (tertiary/aromatic N) is 1. The zero-order valence-corrected chi connectivity index (χ0v) is 16.9. The van der Waals surface area contributed by atoms with Crippen molar-refractivity contribution in [2.75, 3.05) is 19.0 Å². The average Bonchev–Trinajstić information content (AvgIpc) is 2.79. The molecule has 30 heavy (non-hydrogen) atoms. The molecular weight excluding hydrogens is 376 g/mol. The molecule has 2 amide bonds. The van der Waals surface area contributed by atoms with E-state index in [-0.39, 0.29) is 12.0 Å². The number of amides is 2. The van der Waals surface area contributed by atoms with Crippen molar-refractivity contribution in [3.63, 3.8) is 0 Å². The summed E-state index contributed by atoms with van der Waals surface area (Å²) in [5.74, 6) is -0.497. The Morgan fingerprint density at radius 1 is 0.900 bits per heavy atom. The van der Waals surface area contributed by atoms with Gasteiger partial charge in [-0.2, -0.15) is 0 Å². The maximum atomic E-state index is 13.3. The molecule has 0 bridgehead atoms. The summed E-state index contributed by atoms with van der Waals surface area (Å²) in [4.78, 5) is 26.9. The Morgan fingerprint density at radius 2 is 1.53 bits per heavy atom. The van der Waals surface area contributed by atoms with Gasteiger partial charge in [-0.15, -0.1) is 0 Å². The minimum atomic E-state index is -0.407. The first-order valence-corrected chi connectivity index (χ1v) is 10.0. The van der Waals surface area contributed by atoms with Crippen molar-refractivity contribution in [2.24, 2.45) is 0 Å². The van der Waals surface area contributed by atoms with Gasteiger partial charge in [-0.25, -0.2) is 4.79 Å². The minimum Gasteiger partial charge on any atom is -0.453 e. The molecule has 0 spiro atoms. The van der Waals surface area contributed by atoms with Crippen molar-refractivity contribution in [1.82, 2.24) is 4.90 Å². The van der Waals surface area contributed by atoms with Crippen molar-refractivity contribution in [3.8, 4) is 0 Å². The number of benzene rings is 3. The highest BCUT2D eigenvalue weighted by atomic mass is 16.5. The van der Waals surface area contributed by atoms with Crippen LogP contribution in [-0.2, 0) is 22.5 Å². The van der Waals surface area contributed by atoms with E-state index in [0.29, 0.717) is 13.1 Å². The fourth-order valence-electron chi connectivity index (χ4n) is 3.92. The van der Waals surface area contributed by atoms with Crippen LogP contribution in [0, 0.1) is 0 Å². The summed E-state index contributed by atoms with van der Waals surface area (Å²) in [6, 6.07) is 25.5. The van der Waals surface area contributed by atoms with Crippen LogP contribution in [-0.4, -0.2) is 30.6 Å². The summed E-state index contributed by atoms with van der Waals surface area (Å²) in [6.45, 7) is 1.11. The summed E-state index contributed by atoms with van der Waals surface area (Å²) < 4.78 is 4.85. The lowest BCUT2D eigenvalue weighted by molar-refractivity contribution is -0.116. The minimum absolute atomic E-state index is 0.0898. The molecular formula is C25H24N2O3. The fraction of sp³-hybridized carbons (Fsp3) is 0.200. The molecule has 0 saturated heterocycles. The number of anilines is 1. The summed E-state index contributed by atoms with van der Waals surface area (Å²) in [5, 5.41) is 3.07. The van der Waals surface area contributed by atoms with E-state index >= 15 is 0 Å². The summed E-state index contributed by atoms with van der Waals surface area (Å²) in [6.07, 6.45) is 0.443. The van der Waals surface area contributed by atoms with E-state index < -0.39 is 5.92 Å². The normalized spacial score (nSPS) is 12.9. The zero-order chi connectivity index (χ0) is 20.9. The van der Waals surface area contributed by atoms with Gasteiger partial charge in [-0.3, -0.25) is 4.79 Å². The first-order chi connectivity index (χ1) is 14.7. The Morgan fingerprint density at radius 3 is 2.13 bits per heavy atom. The molecule has 3 aromatic carbocycles. The Hall–Kier alpha value is -3.60. The highest BCUT2D eigenvalue weighted by molar-refractivity contribution is 5.98. The van der Waals surface area contributed by atoms with Crippen LogP contribution in [0.3, 0.4) is 0 Å². The summed E-state index contributed by atoms with van der Waals surface area (Å²) in [7, 11) is 1.39. The van der Waals surface area contributed by atoms with Crippen molar-refractivity contribution in [1.29, 1.82) is 0 Å². The molecule has 0 radical (unpaired) electrons. The number of carbonyl (C=O) groups is 2. The Balaban J connectivity index is 1.58. The highest BCUT2D eigenvalue weighted by Crippen LogP contribution is 2.28. The number of nitrogens with one attached hydrogen (secondary N) is 1. The largest absolute Gasteiger partial charge is 0.453 e. The first kappa shape index (κ1) is 19.7. The van der Waals surface area contributed by atoms with Crippen LogP contribution in [0.15, 0.2) is 78.9 Å².